The molecule has 2 aliphatic carbocycles. The highest BCUT2D eigenvalue weighted by Gasteiger charge is 2.59. The van der Waals surface area contributed by atoms with Gasteiger partial charge in [-0.1, -0.05) is 30.7 Å². The summed E-state index contributed by atoms with van der Waals surface area (Å²) in [6, 6.07) is 7.62. The monoisotopic (exact) mass is 276 g/mol. The molecule has 0 radical (unpaired) electrons. The van der Waals surface area contributed by atoms with Gasteiger partial charge in [0, 0.05) is 23.3 Å². The van der Waals surface area contributed by atoms with E-state index >= 15 is 0 Å². The van der Waals surface area contributed by atoms with Crippen molar-refractivity contribution in [2.45, 2.75) is 38.5 Å². The van der Waals surface area contributed by atoms with Crippen LogP contribution in [0.2, 0.25) is 5.02 Å². The summed E-state index contributed by atoms with van der Waals surface area (Å²) in [5, 5.41) is 0.688. The molecule has 0 N–H and O–H groups in total. The predicted octanol–water partition coefficient (Wildman–Crippen LogP) is 3.77. The summed E-state index contributed by atoms with van der Waals surface area (Å²) in [5.74, 6) is 0.349. The number of hydrogen-bond donors (Lipinski definition) is 0. The van der Waals surface area contributed by atoms with E-state index in [0.717, 1.165) is 24.8 Å². The van der Waals surface area contributed by atoms with Gasteiger partial charge in [0.05, 0.1) is 5.41 Å². The SMILES string of the molecule is C[C@@H]1C[C@H](c2ccc(Cl)cc2)[C@@]2(CCCC2=O)C1=O. The third-order valence-corrected chi connectivity index (χ3v) is 5.07. The molecule has 2 nitrogen and oxygen atoms in total. The lowest BCUT2D eigenvalue weighted by atomic mass is 9.72. The number of benzene rings is 1. The Morgan fingerprint density at radius 1 is 1.21 bits per heavy atom. The molecule has 3 heteroatoms. The number of rotatable bonds is 1. The maximum atomic E-state index is 12.5. The van der Waals surface area contributed by atoms with E-state index in [9.17, 15) is 9.59 Å². The van der Waals surface area contributed by atoms with Crippen molar-refractivity contribution in [3.8, 4) is 0 Å². The first kappa shape index (κ1) is 12.9. The van der Waals surface area contributed by atoms with Crippen LogP contribution in [-0.4, -0.2) is 11.6 Å². The summed E-state index contributed by atoms with van der Waals surface area (Å²) in [5.41, 5.74) is 0.352. The third-order valence-electron chi connectivity index (χ3n) is 4.82. The van der Waals surface area contributed by atoms with Crippen LogP contribution in [0.4, 0.5) is 0 Å². The zero-order valence-electron chi connectivity index (χ0n) is 11.0. The molecule has 19 heavy (non-hydrogen) atoms. The molecule has 0 aliphatic heterocycles. The van der Waals surface area contributed by atoms with Gasteiger partial charge in [-0.25, -0.2) is 0 Å². The van der Waals surface area contributed by atoms with Crippen LogP contribution in [0.15, 0.2) is 24.3 Å². The molecule has 0 aromatic heterocycles. The molecular weight excluding hydrogens is 260 g/mol. The fourth-order valence-corrected chi connectivity index (χ4v) is 4.03. The summed E-state index contributed by atoms with van der Waals surface area (Å²) in [7, 11) is 0. The molecule has 1 aromatic carbocycles. The molecule has 2 fully saturated rings. The van der Waals surface area contributed by atoms with E-state index in [1.54, 1.807) is 0 Å². The van der Waals surface area contributed by atoms with E-state index in [-0.39, 0.29) is 23.4 Å². The van der Waals surface area contributed by atoms with Crippen molar-refractivity contribution >= 4 is 23.2 Å². The zero-order chi connectivity index (χ0) is 13.6. The summed E-state index contributed by atoms with van der Waals surface area (Å²) >= 11 is 5.92. The van der Waals surface area contributed by atoms with Crippen LogP contribution in [0, 0.1) is 11.3 Å². The lowest BCUT2D eigenvalue weighted by Crippen LogP contribution is -2.36. The van der Waals surface area contributed by atoms with Gasteiger partial charge in [-0.3, -0.25) is 9.59 Å². The maximum Gasteiger partial charge on any atom is 0.149 e. The maximum absolute atomic E-state index is 12.5. The fourth-order valence-electron chi connectivity index (χ4n) is 3.91. The van der Waals surface area contributed by atoms with Gasteiger partial charge in [-0.05, 0) is 37.0 Å². The number of halogens is 1. The summed E-state index contributed by atoms with van der Waals surface area (Å²) in [4.78, 5) is 24.9. The van der Waals surface area contributed by atoms with Crippen LogP contribution < -0.4 is 0 Å². The molecule has 0 amide bonds. The third kappa shape index (κ3) is 1.77. The topological polar surface area (TPSA) is 34.1 Å². The van der Waals surface area contributed by atoms with Crippen LogP contribution >= 0.6 is 11.6 Å². The second kappa shape index (κ2) is 4.45. The molecule has 2 aliphatic rings. The highest BCUT2D eigenvalue weighted by atomic mass is 35.5. The molecule has 0 bridgehead atoms. The molecule has 0 saturated heterocycles. The smallest absolute Gasteiger partial charge is 0.149 e. The molecule has 0 heterocycles. The second-order valence-electron chi connectivity index (χ2n) is 5.85. The summed E-state index contributed by atoms with van der Waals surface area (Å²) in [6.07, 6.45) is 2.92. The molecule has 1 spiro atoms. The van der Waals surface area contributed by atoms with E-state index in [1.165, 1.54) is 0 Å². The Morgan fingerprint density at radius 2 is 1.89 bits per heavy atom. The Balaban J connectivity index is 2.07. The standard InChI is InChI=1S/C16H17ClO2/c1-10-9-13(11-4-6-12(17)7-5-11)16(15(10)19)8-2-3-14(16)18/h4-7,10,13H,2-3,8-9H2,1H3/t10-,13-,16-/m1/s1. The lowest BCUT2D eigenvalue weighted by molar-refractivity contribution is -0.138. The molecule has 100 valence electrons. The molecule has 2 saturated carbocycles. The average molecular weight is 277 g/mol. The van der Waals surface area contributed by atoms with Crippen molar-refractivity contribution < 1.29 is 9.59 Å². The predicted molar refractivity (Wildman–Crippen MR) is 74.3 cm³/mol. The zero-order valence-corrected chi connectivity index (χ0v) is 11.7. The minimum Gasteiger partial charge on any atom is -0.299 e. The van der Waals surface area contributed by atoms with E-state index in [0.29, 0.717) is 11.4 Å². The van der Waals surface area contributed by atoms with Crippen LogP contribution in [0.25, 0.3) is 0 Å². The van der Waals surface area contributed by atoms with Gasteiger partial charge in [0.2, 0.25) is 0 Å². The molecule has 3 rings (SSSR count). The van der Waals surface area contributed by atoms with Crippen molar-refractivity contribution in [3.63, 3.8) is 0 Å². The number of carbonyl (C=O) groups is 2. The van der Waals surface area contributed by atoms with Crippen molar-refractivity contribution in [2.75, 3.05) is 0 Å². The van der Waals surface area contributed by atoms with Gasteiger partial charge in [0.1, 0.15) is 11.6 Å². The first-order valence-corrected chi connectivity index (χ1v) is 7.26. The number of Topliss-reactive ketones (excluding diaryl/α,β-unsaturated/α-hetero) is 2. The Labute approximate surface area is 118 Å². The number of carbonyl (C=O) groups excluding carboxylic acids is 2. The van der Waals surface area contributed by atoms with E-state index in [2.05, 4.69) is 0 Å². The largest absolute Gasteiger partial charge is 0.299 e. The highest BCUT2D eigenvalue weighted by molar-refractivity contribution is 6.30. The molecular formula is C16H17ClO2. The van der Waals surface area contributed by atoms with Crippen molar-refractivity contribution in [1.29, 1.82) is 0 Å². The first-order valence-electron chi connectivity index (χ1n) is 6.89. The summed E-state index contributed by atoms with van der Waals surface area (Å²) in [6.45, 7) is 1.95. The van der Waals surface area contributed by atoms with Crippen LogP contribution in [0.1, 0.15) is 44.1 Å². The molecule has 1 aromatic rings. The van der Waals surface area contributed by atoms with E-state index in [4.69, 9.17) is 11.6 Å². The van der Waals surface area contributed by atoms with Gasteiger partial charge >= 0.3 is 0 Å². The fraction of sp³-hybridized carbons (Fsp3) is 0.500. The van der Waals surface area contributed by atoms with E-state index < -0.39 is 5.41 Å². The average Bonchev–Trinajstić information content (AvgIpc) is 2.89. The van der Waals surface area contributed by atoms with Crippen LogP contribution in [0.5, 0.6) is 0 Å². The van der Waals surface area contributed by atoms with Crippen molar-refractivity contribution in [1.82, 2.24) is 0 Å². The van der Waals surface area contributed by atoms with E-state index in [1.807, 2.05) is 31.2 Å². The lowest BCUT2D eigenvalue weighted by Gasteiger charge is -2.28. The molecule has 0 unspecified atom stereocenters. The van der Waals surface area contributed by atoms with Crippen LogP contribution in [-0.2, 0) is 9.59 Å². The van der Waals surface area contributed by atoms with Crippen molar-refractivity contribution in [3.05, 3.63) is 34.9 Å². The van der Waals surface area contributed by atoms with Crippen LogP contribution in [0.3, 0.4) is 0 Å². The Kier molecular flexibility index (Phi) is 3.01. The Morgan fingerprint density at radius 3 is 2.47 bits per heavy atom. The van der Waals surface area contributed by atoms with Gasteiger partial charge in [-0.15, -0.1) is 0 Å². The van der Waals surface area contributed by atoms with Gasteiger partial charge in [-0.2, -0.15) is 0 Å². The quantitative estimate of drug-likeness (QED) is 0.732. The normalized spacial score (nSPS) is 34.4. The summed E-state index contributed by atoms with van der Waals surface area (Å²) < 4.78 is 0. The number of hydrogen-bond acceptors (Lipinski definition) is 2. The first-order chi connectivity index (χ1) is 9.05. The van der Waals surface area contributed by atoms with Crippen molar-refractivity contribution in [2.24, 2.45) is 11.3 Å². The second-order valence-corrected chi connectivity index (χ2v) is 6.29. The highest BCUT2D eigenvalue weighted by Crippen LogP contribution is 2.56. The molecule has 3 atom stereocenters. The number of ketones is 2. The Bertz CT molecular complexity index is 534. The Hall–Kier alpha value is -1.15. The minimum atomic E-state index is -0.729. The minimum absolute atomic E-state index is 0.0114. The van der Waals surface area contributed by atoms with Gasteiger partial charge < -0.3 is 0 Å². The van der Waals surface area contributed by atoms with Gasteiger partial charge in [0.25, 0.3) is 0 Å². The van der Waals surface area contributed by atoms with Gasteiger partial charge in [0.15, 0.2) is 0 Å².